The summed E-state index contributed by atoms with van der Waals surface area (Å²) < 4.78 is 1.73. The summed E-state index contributed by atoms with van der Waals surface area (Å²) in [5.74, 6) is 0. The van der Waals surface area contributed by atoms with Crippen LogP contribution in [0.5, 0.6) is 0 Å². The van der Waals surface area contributed by atoms with Crippen LogP contribution >= 0.6 is 12.4 Å². The maximum Gasteiger partial charge on any atom is 0.250 e. The number of fused-ring (bicyclic) bond motifs is 1. The third-order valence-electron chi connectivity index (χ3n) is 2.82. The second kappa shape index (κ2) is 3.75. The zero-order valence-electron chi connectivity index (χ0n) is 8.63. The van der Waals surface area contributed by atoms with Crippen LogP contribution in [0, 0.1) is 6.92 Å². The number of aromatic nitrogens is 1. The number of rotatable bonds is 0. The SMILES string of the molecule is Cc1cc(=O)n(C)c2c1C(C)NC2.Cl. The minimum absolute atomic E-state index is 0. The van der Waals surface area contributed by atoms with Gasteiger partial charge < -0.3 is 9.88 Å². The van der Waals surface area contributed by atoms with Gasteiger partial charge in [0.05, 0.1) is 0 Å². The molecule has 1 aliphatic rings. The summed E-state index contributed by atoms with van der Waals surface area (Å²) in [7, 11) is 1.83. The van der Waals surface area contributed by atoms with E-state index in [2.05, 4.69) is 12.2 Å². The molecule has 0 amide bonds. The molecule has 0 saturated carbocycles. The zero-order valence-corrected chi connectivity index (χ0v) is 9.44. The van der Waals surface area contributed by atoms with E-state index in [9.17, 15) is 4.79 Å². The van der Waals surface area contributed by atoms with E-state index in [1.165, 1.54) is 5.56 Å². The fourth-order valence-electron chi connectivity index (χ4n) is 2.06. The maximum atomic E-state index is 11.4. The quantitative estimate of drug-likeness (QED) is 0.706. The Morgan fingerprint density at radius 3 is 2.86 bits per heavy atom. The molecule has 1 aromatic rings. The standard InChI is InChI=1S/C10H14N2O.ClH/c1-6-4-9(13)12(3)8-5-11-7(2)10(6)8;/h4,7,11H,5H2,1-3H3;1H. The first kappa shape index (κ1) is 11.3. The summed E-state index contributed by atoms with van der Waals surface area (Å²) in [6.07, 6.45) is 0. The number of halogens is 1. The Kier molecular flexibility index (Phi) is 3.02. The van der Waals surface area contributed by atoms with Crippen LogP contribution in [0.15, 0.2) is 10.9 Å². The van der Waals surface area contributed by atoms with Crippen LogP contribution in [-0.2, 0) is 13.6 Å². The van der Waals surface area contributed by atoms with Gasteiger partial charge >= 0.3 is 0 Å². The molecular weight excluding hydrogens is 200 g/mol. The third-order valence-corrected chi connectivity index (χ3v) is 2.82. The topological polar surface area (TPSA) is 34.0 Å². The van der Waals surface area contributed by atoms with Gasteiger partial charge in [0.2, 0.25) is 0 Å². The number of pyridine rings is 1. The van der Waals surface area contributed by atoms with Crippen LogP contribution in [0.4, 0.5) is 0 Å². The van der Waals surface area contributed by atoms with Crippen LogP contribution < -0.4 is 10.9 Å². The van der Waals surface area contributed by atoms with Gasteiger partial charge in [-0.3, -0.25) is 4.79 Å². The summed E-state index contributed by atoms with van der Waals surface area (Å²) in [5, 5.41) is 3.33. The number of nitrogens with one attached hydrogen (secondary N) is 1. The van der Waals surface area contributed by atoms with Crippen molar-refractivity contribution < 1.29 is 0 Å². The summed E-state index contributed by atoms with van der Waals surface area (Å²) in [4.78, 5) is 11.4. The van der Waals surface area contributed by atoms with Crippen LogP contribution in [0.1, 0.15) is 29.8 Å². The molecule has 3 nitrogen and oxygen atoms in total. The fraction of sp³-hybridized carbons (Fsp3) is 0.500. The molecule has 0 aromatic carbocycles. The molecule has 0 bridgehead atoms. The Balaban J connectivity index is 0.000000980. The van der Waals surface area contributed by atoms with Crippen molar-refractivity contribution in [1.82, 2.24) is 9.88 Å². The molecule has 1 aromatic heterocycles. The predicted octanol–water partition coefficient (Wildman–Crippen LogP) is 1.28. The van der Waals surface area contributed by atoms with E-state index in [1.54, 1.807) is 10.6 Å². The molecule has 1 unspecified atom stereocenters. The van der Waals surface area contributed by atoms with E-state index in [-0.39, 0.29) is 18.0 Å². The van der Waals surface area contributed by atoms with Gasteiger partial charge in [-0.1, -0.05) is 0 Å². The summed E-state index contributed by atoms with van der Waals surface area (Å²) >= 11 is 0. The van der Waals surface area contributed by atoms with Crippen LogP contribution in [0.3, 0.4) is 0 Å². The average Bonchev–Trinajstić information content (AvgIpc) is 2.44. The van der Waals surface area contributed by atoms with Gasteiger partial charge in [-0.05, 0) is 25.0 Å². The summed E-state index contributed by atoms with van der Waals surface area (Å²) in [6.45, 7) is 4.94. The van der Waals surface area contributed by atoms with Crippen LogP contribution in [-0.4, -0.2) is 4.57 Å². The number of hydrogen-bond donors (Lipinski definition) is 1. The van der Waals surface area contributed by atoms with Gasteiger partial charge in [0, 0.05) is 31.4 Å². The van der Waals surface area contributed by atoms with Crippen molar-refractivity contribution in [3.05, 3.63) is 33.2 Å². The molecule has 1 aliphatic heterocycles. The van der Waals surface area contributed by atoms with Crippen LogP contribution in [0.25, 0.3) is 0 Å². The highest BCUT2D eigenvalue weighted by molar-refractivity contribution is 5.85. The molecule has 1 N–H and O–H groups in total. The van der Waals surface area contributed by atoms with E-state index < -0.39 is 0 Å². The number of aryl methyl sites for hydroxylation is 1. The van der Waals surface area contributed by atoms with Crippen molar-refractivity contribution in [2.24, 2.45) is 7.05 Å². The Bertz CT molecular complexity index is 411. The first-order valence-electron chi connectivity index (χ1n) is 4.54. The molecule has 2 rings (SSSR count). The lowest BCUT2D eigenvalue weighted by Gasteiger charge is -2.10. The Labute approximate surface area is 89.5 Å². The lowest BCUT2D eigenvalue weighted by atomic mass is 10.0. The molecule has 0 saturated heterocycles. The zero-order chi connectivity index (χ0) is 9.59. The smallest absolute Gasteiger partial charge is 0.250 e. The molecule has 4 heteroatoms. The van der Waals surface area contributed by atoms with Gasteiger partial charge in [0.1, 0.15) is 0 Å². The summed E-state index contributed by atoms with van der Waals surface area (Å²) in [5.41, 5.74) is 3.63. The van der Waals surface area contributed by atoms with Crippen molar-refractivity contribution in [3.63, 3.8) is 0 Å². The number of hydrogen-bond acceptors (Lipinski definition) is 2. The van der Waals surface area contributed by atoms with E-state index >= 15 is 0 Å². The normalized spacial score (nSPS) is 18.9. The minimum Gasteiger partial charge on any atom is -0.314 e. The molecule has 0 aliphatic carbocycles. The highest BCUT2D eigenvalue weighted by Gasteiger charge is 2.22. The van der Waals surface area contributed by atoms with E-state index in [0.29, 0.717) is 6.04 Å². The Morgan fingerprint density at radius 2 is 2.21 bits per heavy atom. The fourth-order valence-corrected chi connectivity index (χ4v) is 2.06. The van der Waals surface area contributed by atoms with Crippen molar-refractivity contribution in [2.45, 2.75) is 26.4 Å². The minimum atomic E-state index is 0. The van der Waals surface area contributed by atoms with Gasteiger partial charge in [-0.2, -0.15) is 0 Å². The lowest BCUT2D eigenvalue weighted by molar-refractivity contribution is 0.625. The van der Waals surface area contributed by atoms with Gasteiger partial charge in [-0.15, -0.1) is 12.4 Å². The first-order chi connectivity index (χ1) is 6.11. The second-order valence-corrected chi connectivity index (χ2v) is 3.69. The molecule has 78 valence electrons. The van der Waals surface area contributed by atoms with E-state index in [1.807, 2.05) is 14.0 Å². The monoisotopic (exact) mass is 214 g/mol. The van der Waals surface area contributed by atoms with Gasteiger partial charge in [0.25, 0.3) is 5.56 Å². The largest absolute Gasteiger partial charge is 0.314 e. The van der Waals surface area contributed by atoms with Crippen molar-refractivity contribution in [2.75, 3.05) is 0 Å². The van der Waals surface area contributed by atoms with Crippen molar-refractivity contribution in [3.8, 4) is 0 Å². The van der Waals surface area contributed by atoms with Gasteiger partial charge in [0.15, 0.2) is 0 Å². The average molecular weight is 215 g/mol. The second-order valence-electron chi connectivity index (χ2n) is 3.69. The molecule has 0 spiro atoms. The third kappa shape index (κ3) is 1.47. The maximum absolute atomic E-state index is 11.4. The molecule has 1 atom stereocenters. The van der Waals surface area contributed by atoms with Crippen molar-refractivity contribution in [1.29, 1.82) is 0 Å². The Morgan fingerprint density at radius 1 is 1.57 bits per heavy atom. The molecule has 2 heterocycles. The number of nitrogens with zero attached hydrogens (tertiary/aromatic N) is 1. The van der Waals surface area contributed by atoms with Crippen molar-refractivity contribution >= 4 is 12.4 Å². The molecule has 0 radical (unpaired) electrons. The molecule has 0 fully saturated rings. The van der Waals surface area contributed by atoms with Gasteiger partial charge in [-0.25, -0.2) is 0 Å². The predicted molar refractivity (Wildman–Crippen MR) is 58.9 cm³/mol. The molecule has 14 heavy (non-hydrogen) atoms. The Hall–Kier alpha value is -0.800. The van der Waals surface area contributed by atoms with Crippen LogP contribution in [0.2, 0.25) is 0 Å². The van der Waals surface area contributed by atoms with E-state index in [4.69, 9.17) is 0 Å². The highest BCUT2D eigenvalue weighted by Crippen LogP contribution is 2.25. The summed E-state index contributed by atoms with van der Waals surface area (Å²) in [6, 6.07) is 2.09. The highest BCUT2D eigenvalue weighted by atomic mass is 35.5. The van der Waals surface area contributed by atoms with E-state index in [0.717, 1.165) is 17.8 Å². The molecular formula is C10H15ClN2O. The lowest BCUT2D eigenvalue weighted by Crippen LogP contribution is -2.20. The first-order valence-corrected chi connectivity index (χ1v) is 4.54.